The lowest BCUT2D eigenvalue weighted by Crippen LogP contribution is -2.19. The number of benzene rings is 2. The van der Waals surface area contributed by atoms with E-state index in [1.165, 1.54) is 10.1 Å². The normalized spacial score (nSPS) is 22.0. The molecule has 4 rings (SSSR count). The average Bonchev–Trinajstić information content (AvgIpc) is 2.81. The van der Waals surface area contributed by atoms with Crippen LogP contribution >= 0.6 is 11.3 Å². The fourth-order valence-corrected chi connectivity index (χ4v) is 4.04. The summed E-state index contributed by atoms with van der Waals surface area (Å²) >= 11 is 1.68. The van der Waals surface area contributed by atoms with E-state index in [-0.39, 0.29) is 0 Å². The molecule has 3 aromatic rings. The van der Waals surface area contributed by atoms with E-state index < -0.39 is 12.2 Å². The summed E-state index contributed by atoms with van der Waals surface area (Å²) in [5.41, 5.74) is 1.85. The number of rotatable bonds is 0. The van der Waals surface area contributed by atoms with Crippen molar-refractivity contribution in [2.75, 3.05) is 0 Å². The third kappa shape index (κ3) is 1.49. The molecule has 1 aliphatic carbocycles. The molecule has 0 saturated heterocycles. The van der Waals surface area contributed by atoms with Crippen molar-refractivity contribution < 1.29 is 10.2 Å². The highest BCUT2D eigenvalue weighted by Crippen LogP contribution is 2.41. The zero-order chi connectivity index (χ0) is 13.0. The molecule has 0 fully saturated rings. The minimum absolute atomic E-state index is 0.816. The van der Waals surface area contributed by atoms with Gasteiger partial charge in [-0.15, -0.1) is 11.3 Å². The summed E-state index contributed by atoms with van der Waals surface area (Å²) in [5.74, 6) is 0. The molecule has 2 unspecified atom stereocenters. The van der Waals surface area contributed by atoms with Crippen molar-refractivity contribution in [1.82, 2.24) is 0 Å². The van der Waals surface area contributed by atoms with Crippen LogP contribution in [0, 0.1) is 0 Å². The lowest BCUT2D eigenvalue weighted by atomic mass is 9.91. The second-order valence-corrected chi connectivity index (χ2v) is 5.89. The largest absolute Gasteiger partial charge is 0.386 e. The number of hydrogen-bond donors (Lipinski definition) is 2. The van der Waals surface area contributed by atoms with E-state index in [0.717, 1.165) is 21.2 Å². The average molecular weight is 268 g/mol. The molecule has 0 spiro atoms. The summed E-state index contributed by atoms with van der Waals surface area (Å²) < 4.78 is 2.29. The Labute approximate surface area is 114 Å². The quantitative estimate of drug-likeness (QED) is 0.655. The van der Waals surface area contributed by atoms with Gasteiger partial charge in [0.05, 0.1) is 0 Å². The maximum Gasteiger partial charge on any atom is 0.110 e. The molecular formula is C16H12O2S. The van der Waals surface area contributed by atoms with Crippen LogP contribution in [0.4, 0.5) is 0 Å². The van der Waals surface area contributed by atoms with E-state index in [9.17, 15) is 10.2 Å². The fraction of sp³-hybridized carbons (Fsp3) is 0.125. The van der Waals surface area contributed by atoms with Gasteiger partial charge in [0.2, 0.25) is 0 Å². The first-order valence-electron chi connectivity index (χ1n) is 6.24. The van der Waals surface area contributed by atoms with Crippen molar-refractivity contribution in [1.29, 1.82) is 0 Å². The van der Waals surface area contributed by atoms with E-state index >= 15 is 0 Å². The Kier molecular flexibility index (Phi) is 2.30. The van der Waals surface area contributed by atoms with Gasteiger partial charge in [0.1, 0.15) is 12.2 Å². The van der Waals surface area contributed by atoms with Crippen LogP contribution in [-0.4, -0.2) is 16.3 Å². The van der Waals surface area contributed by atoms with Crippen molar-refractivity contribution in [3.63, 3.8) is 0 Å². The summed E-state index contributed by atoms with van der Waals surface area (Å²) in [6, 6.07) is 12.4. The maximum atomic E-state index is 10.3. The topological polar surface area (TPSA) is 40.5 Å². The van der Waals surface area contributed by atoms with Gasteiger partial charge < -0.3 is 10.2 Å². The van der Waals surface area contributed by atoms with Gasteiger partial charge in [-0.05, 0) is 11.6 Å². The Hall–Kier alpha value is -1.68. The van der Waals surface area contributed by atoms with Crippen LogP contribution in [0.2, 0.25) is 0 Å². The molecule has 19 heavy (non-hydrogen) atoms. The van der Waals surface area contributed by atoms with Crippen LogP contribution in [0.25, 0.3) is 26.2 Å². The summed E-state index contributed by atoms with van der Waals surface area (Å²) in [4.78, 5) is 0. The highest BCUT2D eigenvalue weighted by molar-refractivity contribution is 7.26. The molecule has 1 aromatic heterocycles. The highest BCUT2D eigenvalue weighted by Gasteiger charge is 2.25. The van der Waals surface area contributed by atoms with E-state index in [0.29, 0.717) is 0 Å². The van der Waals surface area contributed by atoms with Gasteiger partial charge in [-0.3, -0.25) is 0 Å². The molecule has 2 nitrogen and oxygen atoms in total. The van der Waals surface area contributed by atoms with Gasteiger partial charge in [0.15, 0.2) is 0 Å². The third-order valence-electron chi connectivity index (χ3n) is 3.71. The van der Waals surface area contributed by atoms with Crippen LogP contribution in [0.1, 0.15) is 17.2 Å². The molecule has 2 N–H and O–H groups in total. The van der Waals surface area contributed by atoms with E-state index in [1.54, 1.807) is 17.4 Å². The Morgan fingerprint density at radius 2 is 1.79 bits per heavy atom. The Bertz CT molecular complexity index is 816. The number of thiophene rings is 1. The van der Waals surface area contributed by atoms with Crippen molar-refractivity contribution in [3.05, 3.63) is 53.6 Å². The summed E-state index contributed by atoms with van der Waals surface area (Å²) in [7, 11) is 0. The van der Waals surface area contributed by atoms with Crippen LogP contribution < -0.4 is 0 Å². The van der Waals surface area contributed by atoms with Gasteiger partial charge in [-0.25, -0.2) is 0 Å². The molecule has 0 amide bonds. The summed E-state index contributed by atoms with van der Waals surface area (Å²) in [6.07, 6.45) is 1.88. The minimum Gasteiger partial charge on any atom is -0.386 e. The van der Waals surface area contributed by atoms with Crippen molar-refractivity contribution in [2.45, 2.75) is 12.2 Å². The standard InChI is InChI=1S/C16H12O2S/c17-12-8-6-9-5-7-11-10-3-1-2-4-13(10)19-16(11)14(9)15(12)18/h1-8,12,15,17-18H. The van der Waals surface area contributed by atoms with E-state index in [1.807, 2.05) is 24.3 Å². The number of aliphatic hydroxyl groups is 2. The fourth-order valence-electron chi connectivity index (χ4n) is 2.75. The SMILES string of the molecule is OC1C=Cc2ccc3c(sc4ccccc43)c2C1O. The predicted molar refractivity (Wildman–Crippen MR) is 79.3 cm³/mol. The first kappa shape index (κ1) is 11.2. The van der Waals surface area contributed by atoms with Gasteiger partial charge in [0, 0.05) is 25.7 Å². The molecule has 3 heteroatoms. The maximum absolute atomic E-state index is 10.3. The highest BCUT2D eigenvalue weighted by atomic mass is 32.1. The van der Waals surface area contributed by atoms with Gasteiger partial charge >= 0.3 is 0 Å². The first-order chi connectivity index (χ1) is 9.25. The van der Waals surface area contributed by atoms with Gasteiger partial charge in [0.25, 0.3) is 0 Å². The van der Waals surface area contributed by atoms with E-state index in [4.69, 9.17) is 0 Å². The molecule has 1 heterocycles. The van der Waals surface area contributed by atoms with Crippen molar-refractivity contribution in [3.8, 4) is 0 Å². The minimum atomic E-state index is -0.836. The second-order valence-electron chi connectivity index (χ2n) is 4.84. The molecule has 2 atom stereocenters. The lowest BCUT2D eigenvalue weighted by Gasteiger charge is -2.22. The molecular weight excluding hydrogens is 256 g/mol. The zero-order valence-corrected chi connectivity index (χ0v) is 10.9. The Morgan fingerprint density at radius 1 is 0.947 bits per heavy atom. The lowest BCUT2D eigenvalue weighted by molar-refractivity contribution is 0.0481. The molecule has 94 valence electrons. The molecule has 0 saturated carbocycles. The molecule has 0 radical (unpaired) electrons. The summed E-state index contributed by atoms with van der Waals surface area (Å²) in [5, 5.41) is 22.4. The first-order valence-corrected chi connectivity index (χ1v) is 7.06. The van der Waals surface area contributed by atoms with Crippen molar-refractivity contribution in [2.24, 2.45) is 0 Å². The molecule has 1 aliphatic rings. The molecule has 0 aliphatic heterocycles. The Morgan fingerprint density at radius 3 is 2.68 bits per heavy atom. The Balaban J connectivity index is 2.16. The third-order valence-corrected chi connectivity index (χ3v) is 4.93. The molecule has 2 aromatic carbocycles. The van der Waals surface area contributed by atoms with Crippen LogP contribution in [-0.2, 0) is 0 Å². The molecule has 0 bridgehead atoms. The van der Waals surface area contributed by atoms with Crippen LogP contribution in [0.15, 0.2) is 42.5 Å². The number of hydrogen-bond acceptors (Lipinski definition) is 3. The van der Waals surface area contributed by atoms with Gasteiger partial charge in [-0.2, -0.15) is 0 Å². The number of aliphatic hydroxyl groups excluding tert-OH is 2. The number of fused-ring (bicyclic) bond motifs is 5. The zero-order valence-electron chi connectivity index (χ0n) is 10.1. The van der Waals surface area contributed by atoms with Crippen molar-refractivity contribution >= 4 is 37.6 Å². The predicted octanol–water partition coefficient (Wildman–Crippen LogP) is 3.48. The monoisotopic (exact) mass is 268 g/mol. The van der Waals surface area contributed by atoms with Crippen LogP contribution in [0.5, 0.6) is 0 Å². The second kappa shape index (κ2) is 3.90. The summed E-state index contributed by atoms with van der Waals surface area (Å²) in [6.45, 7) is 0. The smallest absolute Gasteiger partial charge is 0.110 e. The van der Waals surface area contributed by atoms with Crippen LogP contribution in [0.3, 0.4) is 0 Å². The van der Waals surface area contributed by atoms with Gasteiger partial charge in [-0.1, -0.05) is 42.5 Å². The van der Waals surface area contributed by atoms with E-state index in [2.05, 4.69) is 18.2 Å².